The molecular formula is C22H25N3O4S. The number of piperazine rings is 1. The number of hydrogen-bond donors (Lipinski definition) is 1. The lowest BCUT2D eigenvalue weighted by molar-refractivity contribution is -0.127. The topological polar surface area (TPSA) is 86.8 Å². The number of carbonyl (C=O) groups excluding carboxylic acids is 2. The minimum Gasteiger partial charge on any atom is -0.353 e. The van der Waals surface area contributed by atoms with E-state index in [1.807, 2.05) is 25.1 Å². The predicted molar refractivity (Wildman–Crippen MR) is 114 cm³/mol. The maximum absolute atomic E-state index is 13.6. The van der Waals surface area contributed by atoms with Gasteiger partial charge in [0.05, 0.1) is 4.90 Å². The summed E-state index contributed by atoms with van der Waals surface area (Å²) in [6, 6.07) is 11.3. The first-order valence-corrected chi connectivity index (χ1v) is 11.5. The lowest BCUT2D eigenvalue weighted by Crippen LogP contribution is -2.52. The van der Waals surface area contributed by atoms with Crippen molar-refractivity contribution in [1.82, 2.24) is 9.62 Å². The van der Waals surface area contributed by atoms with Crippen LogP contribution in [0.1, 0.15) is 36.1 Å². The summed E-state index contributed by atoms with van der Waals surface area (Å²) in [5, 5.41) is 2.79. The van der Waals surface area contributed by atoms with Gasteiger partial charge in [-0.3, -0.25) is 9.59 Å². The second-order valence-corrected chi connectivity index (χ2v) is 9.62. The van der Waals surface area contributed by atoms with Gasteiger partial charge in [-0.15, -0.1) is 0 Å². The van der Waals surface area contributed by atoms with Crippen LogP contribution in [-0.4, -0.2) is 44.2 Å². The Morgan fingerprint density at radius 1 is 1.13 bits per heavy atom. The highest BCUT2D eigenvalue weighted by Crippen LogP contribution is 2.34. The van der Waals surface area contributed by atoms with Gasteiger partial charge < -0.3 is 10.2 Å². The van der Waals surface area contributed by atoms with Gasteiger partial charge in [0.2, 0.25) is 21.8 Å². The SMILES string of the molecule is CC(=O)N1CCCc2cc(S(=O)(=O)N3CCNC(=O)C3c3ccccc3C)ccc21. The van der Waals surface area contributed by atoms with E-state index < -0.39 is 16.1 Å². The first-order chi connectivity index (χ1) is 14.3. The highest BCUT2D eigenvalue weighted by molar-refractivity contribution is 7.89. The van der Waals surface area contributed by atoms with Crippen LogP contribution in [0.5, 0.6) is 0 Å². The van der Waals surface area contributed by atoms with E-state index in [9.17, 15) is 18.0 Å². The normalized spacial score (nSPS) is 19.9. The summed E-state index contributed by atoms with van der Waals surface area (Å²) in [6.07, 6.45) is 1.50. The maximum Gasteiger partial charge on any atom is 0.244 e. The molecule has 1 atom stereocenters. The molecule has 30 heavy (non-hydrogen) atoms. The van der Waals surface area contributed by atoms with Crippen molar-refractivity contribution in [1.29, 1.82) is 0 Å². The standard InChI is InChI=1S/C22H25N3O4S/c1-15-6-3-4-8-19(15)21-22(27)23-11-13-25(21)30(28,29)18-9-10-20-17(14-18)7-5-12-24(20)16(2)26/h3-4,6,8-10,14,21H,5,7,11-13H2,1-2H3,(H,23,27). The van der Waals surface area contributed by atoms with Crippen LogP contribution in [0.25, 0.3) is 0 Å². The molecule has 2 aliphatic rings. The van der Waals surface area contributed by atoms with Crippen molar-refractivity contribution in [3.8, 4) is 0 Å². The molecule has 158 valence electrons. The molecule has 1 unspecified atom stereocenters. The zero-order chi connectivity index (χ0) is 21.5. The molecule has 0 aromatic heterocycles. The van der Waals surface area contributed by atoms with Gasteiger partial charge in [-0.1, -0.05) is 24.3 Å². The van der Waals surface area contributed by atoms with Crippen molar-refractivity contribution in [2.45, 2.75) is 37.6 Å². The zero-order valence-electron chi connectivity index (χ0n) is 17.1. The van der Waals surface area contributed by atoms with Gasteiger partial charge in [0.15, 0.2) is 0 Å². The van der Waals surface area contributed by atoms with E-state index in [2.05, 4.69) is 5.32 Å². The fraction of sp³-hybridized carbons (Fsp3) is 0.364. The molecule has 7 nitrogen and oxygen atoms in total. The molecule has 2 amide bonds. The van der Waals surface area contributed by atoms with Gasteiger partial charge in [0, 0.05) is 32.2 Å². The monoisotopic (exact) mass is 427 g/mol. The summed E-state index contributed by atoms with van der Waals surface area (Å²) < 4.78 is 28.5. The molecule has 1 saturated heterocycles. The van der Waals surface area contributed by atoms with E-state index in [0.29, 0.717) is 18.5 Å². The van der Waals surface area contributed by atoms with E-state index in [1.54, 1.807) is 23.1 Å². The number of benzene rings is 2. The molecule has 1 fully saturated rings. The van der Waals surface area contributed by atoms with E-state index >= 15 is 0 Å². The highest BCUT2D eigenvalue weighted by atomic mass is 32.2. The summed E-state index contributed by atoms with van der Waals surface area (Å²) in [5.74, 6) is -0.376. The van der Waals surface area contributed by atoms with Crippen LogP contribution >= 0.6 is 0 Å². The number of hydrogen-bond acceptors (Lipinski definition) is 4. The quantitative estimate of drug-likeness (QED) is 0.813. The van der Waals surface area contributed by atoms with Crippen LogP contribution in [0.2, 0.25) is 0 Å². The van der Waals surface area contributed by atoms with Crippen LogP contribution < -0.4 is 10.2 Å². The molecule has 8 heteroatoms. The van der Waals surface area contributed by atoms with Crippen molar-refractivity contribution in [3.05, 3.63) is 59.2 Å². The highest BCUT2D eigenvalue weighted by Gasteiger charge is 2.40. The predicted octanol–water partition coefficient (Wildman–Crippen LogP) is 2.16. The third-order valence-corrected chi connectivity index (χ3v) is 7.67. The van der Waals surface area contributed by atoms with Gasteiger partial charge >= 0.3 is 0 Å². The molecular weight excluding hydrogens is 402 g/mol. The summed E-state index contributed by atoms with van der Waals surface area (Å²) in [7, 11) is -3.91. The number of carbonyl (C=O) groups is 2. The summed E-state index contributed by atoms with van der Waals surface area (Å²) >= 11 is 0. The molecule has 4 rings (SSSR count). The van der Waals surface area contributed by atoms with E-state index in [4.69, 9.17) is 0 Å². The van der Waals surface area contributed by atoms with Gasteiger partial charge in [-0.25, -0.2) is 8.42 Å². The van der Waals surface area contributed by atoms with Gasteiger partial charge in [-0.05, 0) is 54.7 Å². The maximum atomic E-state index is 13.6. The van der Waals surface area contributed by atoms with Crippen molar-refractivity contribution in [2.75, 3.05) is 24.5 Å². The minimum atomic E-state index is -3.91. The van der Waals surface area contributed by atoms with E-state index in [1.165, 1.54) is 17.3 Å². The Morgan fingerprint density at radius 3 is 2.63 bits per heavy atom. The van der Waals surface area contributed by atoms with Crippen molar-refractivity contribution >= 4 is 27.5 Å². The van der Waals surface area contributed by atoms with E-state index in [-0.39, 0.29) is 29.8 Å². The van der Waals surface area contributed by atoms with Crippen LogP contribution in [0.3, 0.4) is 0 Å². The lowest BCUT2D eigenvalue weighted by Gasteiger charge is -2.35. The Kier molecular flexibility index (Phi) is 5.38. The molecule has 2 aromatic rings. The lowest BCUT2D eigenvalue weighted by atomic mass is 9.99. The van der Waals surface area contributed by atoms with Crippen molar-refractivity contribution < 1.29 is 18.0 Å². The van der Waals surface area contributed by atoms with Gasteiger partial charge in [-0.2, -0.15) is 4.31 Å². The number of nitrogens with zero attached hydrogens (tertiary/aromatic N) is 2. The van der Waals surface area contributed by atoms with Crippen LogP contribution in [0, 0.1) is 6.92 Å². The average Bonchev–Trinajstić information content (AvgIpc) is 2.73. The first-order valence-electron chi connectivity index (χ1n) is 10.1. The molecule has 2 aliphatic heterocycles. The first kappa shape index (κ1) is 20.6. The van der Waals surface area contributed by atoms with Crippen LogP contribution in [0.4, 0.5) is 5.69 Å². The third-order valence-electron chi connectivity index (χ3n) is 5.81. The molecule has 0 saturated carbocycles. The number of sulfonamides is 1. The Hall–Kier alpha value is -2.71. The fourth-order valence-electron chi connectivity index (χ4n) is 4.29. The molecule has 0 spiro atoms. The molecule has 2 heterocycles. The number of fused-ring (bicyclic) bond motifs is 1. The number of anilines is 1. The molecule has 1 N–H and O–H groups in total. The van der Waals surface area contributed by atoms with Crippen molar-refractivity contribution in [2.24, 2.45) is 0 Å². The largest absolute Gasteiger partial charge is 0.353 e. The van der Waals surface area contributed by atoms with Gasteiger partial charge in [0.1, 0.15) is 6.04 Å². The smallest absolute Gasteiger partial charge is 0.244 e. The summed E-state index contributed by atoms with van der Waals surface area (Å²) in [6.45, 7) is 4.49. The summed E-state index contributed by atoms with van der Waals surface area (Å²) in [5.41, 5.74) is 3.15. The molecule has 2 aromatic carbocycles. The van der Waals surface area contributed by atoms with Crippen LogP contribution in [0.15, 0.2) is 47.4 Å². The van der Waals surface area contributed by atoms with E-state index in [0.717, 1.165) is 23.2 Å². The Morgan fingerprint density at radius 2 is 1.90 bits per heavy atom. The number of rotatable bonds is 3. The Balaban J connectivity index is 1.76. The Bertz CT molecular complexity index is 1110. The van der Waals surface area contributed by atoms with Gasteiger partial charge in [0.25, 0.3) is 0 Å². The number of nitrogens with one attached hydrogen (secondary N) is 1. The second kappa shape index (κ2) is 7.85. The number of aryl methyl sites for hydroxylation is 2. The molecule has 0 aliphatic carbocycles. The molecule has 0 bridgehead atoms. The summed E-state index contributed by atoms with van der Waals surface area (Å²) in [4.78, 5) is 26.5. The Labute approximate surface area is 176 Å². The zero-order valence-corrected chi connectivity index (χ0v) is 17.9. The second-order valence-electron chi connectivity index (χ2n) is 7.73. The molecule has 0 radical (unpaired) electrons. The third kappa shape index (κ3) is 3.50. The van der Waals surface area contributed by atoms with Crippen molar-refractivity contribution in [3.63, 3.8) is 0 Å². The van der Waals surface area contributed by atoms with Crippen LogP contribution in [-0.2, 0) is 26.0 Å². The average molecular weight is 428 g/mol. The minimum absolute atomic E-state index is 0.0566. The number of amides is 2. The fourth-order valence-corrected chi connectivity index (χ4v) is 5.91.